The van der Waals surface area contributed by atoms with E-state index in [9.17, 15) is 4.79 Å². The second kappa shape index (κ2) is 11.4. The molecule has 0 spiro atoms. The van der Waals surface area contributed by atoms with E-state index in [1.807, 2.05) is 23.0 Å². The van der Waals surface area contributed by atoms with Gasteiger partial charge in [-0.1, -0.05) is 115 Å². The molecule has 7 rings (SSSR count). The highest BCUT2D eigenvalue weighted by Gasteiger charge is 2.39. The first-order chi connectivity index (χ1) is 21.2. The van der Waals surface area contributed by atoms with Crippen LogP contribution in [-0.2, 0) is 12.0 Å². The zero-order valence-electron chi connectivity index (χ0n) is 24.4. The highest BCUT2D eigenvalue weighted by molar-refractivity contribution is 5.95. The SMILES string of the molecule is Cc1c(C=CCCC2CCc3cc4ccccc4n3C2=O)ncn1C(c1ccccc1)(c1ccccc1)c1ccccc1. The Hall–Kier alpha value is -4.96. The molecule has 2 aromatic heterocycles. The summed E-state index contributed by atoms with van der Waals surface area (Å²) in [4.78, 5) is 18.4. The van der Waals surface area contributed by atoms with E-state index in [4.69, 9.17) is 4.98 Å². The smallest absolute Gasteiger partial charge is 0.234 e. The Morgan fingerprint density at radius 3 is 2.02 bits per heavy atom. The lowest BCUT2D eigenvalue weighted by molar-refractivity contribution is 0.0803. The van der Waals surface area contributed by atoms with Gasteiger partial charge in [-0.25, -0.2) is 4.98 Å². The largest absolute Gasteiger partial charge is 0.316 e. The molecule has 0 aliphatic carbocycles. The van der Waals surface area contributed by atoms with Gasteiger partial charge in [0.05, 0.1) is 17.5 Å². The van der Waals surface area contributed by atoms with Crippen LogP contribution in [0.4, 0.5) is 0 Å². The first-order valence-electron chi connectivity index (χ1n) is 15.2. The summed E-state index contributed by atoms with van der Waals surface area (Å²) < 4.78 is 4.27. The molecule has 0 fully saturated rings. The number of allylic oxidation sites excluding steroid dienone is 1. The van der Waals surface area contributed by atoms with Crippen molar-refractivity contribution in [1.29, 1.82) is 0 Å². The molecule has 0 N–H and O–H groups in total. The fourth-order valence-corrected chi connectivity index (χ4v) is 6.93. The van der Waals surface area contributed by atoms with Gasteiger partial charge in [0.15, 0.2) is 0 Å². The van der Waals surface area contributed by atoms with Gasteiger partial charge in [0.2, 0.25) is 5.91 Å². The predicted octanol–water partition coefficient (Wildman–Crippen LogP) is 8.68. The third-order valence-corrected chi connectivity index (χ3v) is 9.04. The Balaban J connectivity index is 1.19. The predicted molar refractivity (Wildman–Crippen MR) is 174 cm³/mol. The number of carbonyl (C=O) groups is 1. The summed E-state index contributed by atoms with van der Waals surface area (Å²) in [6, 6.07) is 42.4. The summed E-state index contributed by atoms with van der Waals surface area (Å²) >= 11 is 0. The Kier molecular flexibility index (Phi) is 7.12. The van der Waals surface area contributed by atoms with Crippen LogP contribution in [-0.4, -0.2) is 20.0 Å². The van der Waals surface area contributed by atoms with Crippen LogP contribution in [0.15, 0.2) is 134 Å². The molecule has 6 aromatic rings. The third-order valence-electron chi connectivity index (χ3n) is 9.04. The number of aromatic nitrogens is 3. The molecule has 1 atom stereocenters. The van der Waals surface area contributed by atoms with Crippen molar-refractivity contribution in [3.8, 4) is 0 Å². The van der Waals surface area contributed by atoms with Gasteiger partial charge in [0, 0.05) is 22.7 Å². The highest BCUT2D eigenvalue weighted by Crippen LogP contribution is 2.42. The van der Waals surface area contributed by atoms with Gasteiger partial charge in [-0.15, -0.1) is 0 Å². The number of rotatable bonds is 8. The molecule has 4 heteroatoms. The first-order valence-corrected chi connectivity index (χ1v) is 15.2. The van der Waals surface area contributed by atoms with Crippen LogP contribution >= 0.6 is 0 Å². The molecule has 0 saturated carbocycles. The zero-order chi connectivity index (χ0) is 29.2. The van der Waals surface area contributed by atoms with Crippen molar-refractivity contribution in [2.24, 2.45) is 5.92 Å². The van der Waals surface area contributed by atoms with E-state index in [1.54, 1.807) is 0 Å². The number of hydrogen-bond acceptors (Lipinski definition) is 2. The number of nitrogens with zero attached hydrogens (tertiary/aromatic N) is 3. The summed E-state index contributed by atoms with van der Waals surface area (Å²) in [6.07, 6.45) is 9.81. The molecule has 0 amide bonds. The van der Waals surface area contributed by atoms with Crippen LogP contribution in [0.3, 0.4) is 0 Å². The lowest BCUT2D eigenvalue weighted by Gasteiger charge is -2.38. The van der Waals surface area contributed by atoms with Gasteiger partial charge >= 0.3 is 0 Å². The van der Waals surface area contributed by atoms with E-state index in [0.717, 1.165) is 53.7 Å². The molecule has 0 radical (unpaired) electrons. The molecule has 1 unspecified atom stereocenters. The second-order valence-corrected chi connectivity index (χ2v) is 11.5. The van der Waals surface area contributed by atoms with Crippen LogP contribution < -0.4 is 0 Å². The van der Waals surface area contributed by atoms with Crippen LogP contribution in [0.5, 0.6) is 0 Å². The Labute approximate surface area is 253 Å². The van der Waals surface area contributed by atoms with Crippen molar-refractivity contribution in [3.05, 3.63) is 168 Å². The monoisotopic (exact) mass is 561 g/mol. The number of fused-ring (bicyclic) bond motifs is 3. The van der Waals surface area contributed by atoms with Gasteiger partial charge in [-0.05, 0) is 67.5 Å². The minimum Gasteiger partial charge on any atom is -0.316 e. The molecule has 0 bridgehead atoms. The van der Waals surface area contributed by atoms with Gasteiger partial charge in [-0.3, -0.25) is 9.36 Å². The van der Waals surface area contributed by atoms with Crippen LogP contribution in [0, 0.1) is 12.8 Å². The van der Waals surface area contributed by atoms with Crippen molar-refractivity contribution >= 4 is 22.9 Å². The second-order valence-electron chi connectivity index (χ2n) is 11.5. The lowest BCUT2D eigenvalue weighted by atomic mass is 9.76. The van der Waals surface area contributed by atoms with E-state index in [0.29, 0.717) is 0 Å². The Morgan fingerprint density at radius 1 is 0.814 bits per heavy atom. The molecule has 4 nitrogen and oxygen atoms in total. The van der Waals surface area contributed by atoms with E-state index in [2.05, 4.69) is 133 Å². The highest BCUT2D eigenvalue weighted by atomic mass is 16.2. The fraction of sp³-hybridized carbons (Fsp3) is 0.179. The number of para-hydroxylation sites is 1. The van der Waals surface area contributed by atoms with E-state index >= 15 is 0 Å². The number of aryl methyl sites for hydroxylation is 1. The lowest BCUT2D eigenvalue weighted by Crippen LogP contribution is -2.38. The summed E-state index contributed by atoms with van der Waals surface area (Å²) in [7, 11) is 0. The van der Waals surface area contributed by atoms with Gasteiger partial charge in [0.1, 0.15) is 5.54 Å². The van der Waals surface area contributed by atoms with Gasteiger partial charge < -0.3 is 4.57 Å². The van der Waals surface area contributed by atoms with E-state index < -0.39 is 5.54 Å². The molecular formula is C39H35N3O. The van der Waals surface area contributed by atoms with Crippen LogP contribution in [0.1, 0.15) is 57.8 Å². The van der Waals surface area contributed by atoms with Crippen molar-refractivity contribution in [2.75, 3.05) is 0 Å². The van der Waals surface area contributed by atoms with E-state index in [-0.39, 0.29) is 11.8 Å². The summed E-state index contributed by atoms with van der Waals surface area (Å²) in [5.74, 6) is 0.267. The fourth-order valence-electron chi connectivity index (χ4n) is 6.93. The molecule has 0 saturated heterocycles. The van der Waals surface area contributed by atoms with Gasteiger partial charge in [0.25, 0.3) is 0 Å². The molecule has 43 heavy (non-hydrogen) atoms. The topological polar surface area (TPSA) is 39.8 Å². The maximum absolute atomic E-state index is 13.5. The number of imidazole rings is 1. The number of hydrogen-bond donors (Lipinski definition) is 0. The molecule has 4 aromatic carbocycles. The first kappa shape index (κ1) is 26.9. The number of benzene rings is 4. The summed E-state index contributed by atoms with van der Waals surface area (Å²) in [6.45, 7) is 2.15. The van der Waals surface area contributed by atoms with Gasteiger partial charge in [-0.2, -0.15) is 0 Å². The molecular weight excluding hydrogens is 526 g/mol. The van der Waals surface area contributed by atoms with Crippen molar-refractivity contribution in [3.63, 3.8) is 0 Å². The maximum atomic E-state index is 13.5. The molecule has 1 aliphatic rings. The average Bonchev–Trinajstić information content (AvgIpc) is 3.63. The molecule has 3 heterocycles. The zero-order valence-corrected chi connectivity index (χ0v) is 24.4. The minimum atomic E-state index is -0.585. The average molecular weight is 562 g/mol. The van der Waals surface area contributed by atoms with Crippen LogP contribution in [0.25, 0.3) is 17.0 Å². The Bertz CT molecular complexity index is 1800. The normalized spacial score (nSPS) is 15.3. The number of carbonyl (C=O) groups excluding carboxylic acids is 1. The van der Waals surface area contributed by atoms with Crippen LogP contribution in [0.2, 0.25) is 0 Å². The molecule has 1 aliphatic heterocycles. The quantitative estimate of drug-likeness (QED) is 0.174. The standard InChI is InChI=1S/C39H35N3O/c1-29-36(23-13-11-15-30-25-26-35-27-31-16-12-14-24-37(31)42(35)38(30)43)40-28-41(29)39(32-17-5-2-6-18-32,33-19-7-3-8-20-33)34-21-9-4-10-22-34/h2-10,12-14,16-24,27-28,30H,11,15,25-26H2,1H3. The van der Waals surface area contributed by atoms with Crippen molar-refractivity contribution < 1.29 is 4.79 Å². The third kappa shape index (κ3) is 4.64. The molecule has 212 valence electrons. The summed E-state index contributed by atoms with van der Waals surface area (Å²) in [5, 5.41) is 1.15. The maximum Gasteiger partial charge on any atom is 0.234 e. The van der Waals surface area contributed by atoms with Crippen molar-refractivity contribution in [2.45, 2.75) is 38.1 Å². The Morgan fingerprint density at radius 2 is 1.40 bits per heavy atom. The minimum absolute atomic E-state index is 0.0357. The van der Waals surface area contributed by atoms with E-state index in [1.165, 1.54) is 16.7 Å². The van der Waals surface area contributed by atoms with Crippen molar-refractivity contribution in [1.82, 2.24) is 14.1 Å². The summed E-state index contributed by atoms with van der Waals surface area (Å²) in [5.41, 5.74) is 7.15.